The van der Waals surface area contributed by atoms with E-state index in [4.69, 9.17) is 19.0 Å². The van der Waals surface area contributed by atoms with Crippen molar-refractivity contribution in [2.45, 2.75) is 6.61 Å². The van der Waals surface area contributed by atoms with E-state index in [-0.39, 0.29) is 12.4 Å². The fraction of sp³-hybridized carbons (Fsp3) is 0.214. The van der Waals surface area contributed by atoms with Gasteiger partial charge < -0.3 is 19.0 Å². The van der Waals surface area contributed by atoms with Crippen molar-refractivity contribution in [2.24, 2.45) is 0 Å². The second-order valence-electron chi connectivity index (χ2n) is 3.79. The number of carboxylic acids is 1. The van der Waals surface area contributed by atoms with Crippen molar-refractivity contribution in [3.63, 3.8) is 0 Å². The summed E-state index contributed by atoms with van der Waals surface area (Å²) in [6.45, 7) is 0.972. The van der Waals surface area contributed by atoms with Gasteiger partial charge in [-0.2, -0.15) is 0 Å². The Labute approximate surface area is 110 Å². The topological polar surface area (TPSA) is 68.9 Å². The first-order valence-electron chi connectivity index (χ1n) is 5.82. The Kier molecular flexibility index (Phi) is 4.58. The normalized spacial score (nSPS) is 10.3. The fourth-order valence-electron chi connectivity index (χ4n) is 1.55. The van der Waals surface area contributed by atoms with E-state index in [2.05, 4.69) is 0 Å². The molecule has 0 aliphatic heterocycles. The number of carboxylic acid groups (broad SMARTS) is 1. The van der Waals surface area contributed by atoms with E-state index >= 15 is 0 Å². The predicted molar refractivity (Wildman–Crippen MR) is 67.3 cm³/mol. The summed E-state index contributed by atoms with van der Waals surface area (Å²) in [5, 5.41) is 8.83. The van der Waals surface area contributed by atoms with Gasteiger partial charge in [0.05, 0.1) is 19.5 Å². The van der Waals surface area contributed by atoms with Crippen LogP contribution in [0.2, 0.25) is 0 Å². The van der Waals surface area contributed by atoms with Gasteiger partial charge in [0.1, 0.15) is 12.4 Å². The lowest BCUT2D eigenvalue weighted by atomic mass is 10.2. The number of hydrogen-bond donors (Lipinski definition) is 1. The smallest absolute Gasteiger partial charge is 0.372 e. The maximum absolute atomic E-state index is 10.8. The van der Waals surface area contributed by atoms with Gasteiger partial charge in [-0.3, -0.25) is 0 Å². The van der Waals surface area contributed by atoms with Gasteiger partial charge in [0.15, 0.2) is 0 Å². The quantitative estimate of drug-likeness (QED) is 0.777. The van der Waals surface area contributed by atoms with Crippen LogP contribution in [0.15, 0.2) is 47.1 Å². The average molecular weight is 262 g/mol. The SMILES string of the molecule is O=C(O)c1occc1COCCOc1ccccc1. The van der Waals surface area contributed by atoms with Crippen LogP contribution in [0, 0.1) is 0 Å². The summed E-state index contributed by atoms with van der Waals surface area (Å²) < 4.78 is 15.6. The minimum absolute atomic E-state index is 0.0797. The summed E-state index contributed by atoms with van der Waals surface area (Å²) in [5.41, 5.74) is 0.521. The highest BCUT2D eigenvalue weighted by atomic mass is 16.5. The van der Waals surface area contributed by atoms with E-state index < -0.39 is 5.97 Å². The third-order valence-corrected chi connectivity index (χ3v) is 2.44. The lowest BCUT2D eigenvalue weighted by Crippen LogP contribution is -2.08. The Hall–Kier alpha value is -2.27. The van der Waals surface area contributed by atoms with Crippen molar-refractivity contribution in [3.8, 4) is 5.75 Å². The monoisotopic (exact) mass is 262 g/mol. The van der Waals surface area contributed by atoms with Gasteiger partial charge in [0, 0.05) is 5.56 Å². The molecule has 1 aromatic carbocycles. The van der Waals surface area contributed by atoms with Crippen LogP contribution in [-0.2, 0) is 11.3 Å². The molecule has 19 heavy (non-hydrogen) atoms. The predicted octanol–water partition coefficient (Wildman–Crippen LogP) is 2.57. The summed E-state index contributed by atoms with van der Waals surface area (Å²) in [6.07, 6.45) is 1.34. The van der Waals surface area contributed by atoms with Crippen LogP contribution in [0.4, 0.5) is 0 Å². The Morgan fingerprint density at radius 2 is 1.95 bits per heavy atom. The van der Waals surface area contributed by atoms with Gasteiger partial charge in [0.2, 0.25) is 5.76 Å². The molecule has 100 valence electrons. The molecule has 0 amide bonds. The highest BCUT2D eigenvalue weighted by Gasteiger charge is 2.13. The first kappa shape index (κ1) is 13.2. The molecular weight excluding hydrogens is 248 g/mol. The van der Waals surface area contributed by atoms with Crippen LogP contribution in [0.1, 0.15) is 16.1 Å². The third kappa shape index (κ3) is 3.86. The molecule has 0 aliphatic rings. The first-order chi connectivity index (χ1) is 9.27. The van der Waals surface area contributed by atoms with Crippen LogP contribution in [-0.4, -0.2) is 24.3 Å². The van der Waals surface area contributed by atoms with Gasteiger partial charge >= 0.3 is 5.97 Å². The van der Waals surface area contributed by atoms with E-state index in [0.717, 1.165) is 5.75 Å². The molecule has 2 aromatic rings. The lowest BCUT2D eigenvalue weighted by Gasteiger charge is -2.06. The molecular formula is C14H14O5. The van der Waals surface area contributed by atoms with Crippen molar-refractivity contribution in [1.82, 2.24) is 0 Å². The summed E-state index contributed by atoms with van der Waals surface area (Å²) in [7, 11) is 0. The summed E-state index contributed by atoms with van der Waals surface area (Å²) >= 11 is 0. The molecule has 0 spiro atoms. The van der Waals surface area contributed by atoms with Crippen molar-refractivity contribution in [3.05, 3.63) is 54.0 Å². The zero-order chi connectivity index (χ0) is 13.5. The van der Waals surface area contributed by atoms with Gasteiger partial charge in [0.25, 0.3) is 0 Å². The van der Waals surface area contributed by atoms with Crippen LogP contribution in [0.5, 0.6) is 5.75 Å². The number of ether oxygens (including phenoxy) is 2. The van der Waals surface area contributed by atoms with Crippen molar-refractivity contribution in [2.75, 3.05) is 13.2 Å². The standard InChI is InChI=1S/C14H14O5/c15-14(16)13-11(6-7-19-13)10-17-8-9-18-12-4-2-1-3-5-12/h1-7H,8-10H2,(H,15,16). The van der Waals surface area contributed by atoms with Gasteiger partial charge in [-0.15, -0.1) is 0 Å². The largest absolute Gasteiger partial charge is 0.491 e. The molecule has 5 nitrogen and oxygen atoms in total. The van der Waals surface area contributed by atoms with Gasteiger partial charge in [-0.25, -0.2) is 4.79 Å². The van der Waals surface area contributed by atoms with E-state index in [1.807, 2.05) is 30.3 Å². The summed E-state index contributed by atoms with van der Waals surface area (Å²) in [4.78, 5) is 10.8. The molecule has 1 heterocycles. The molecule has 5 heteroatoms. The molecule has 1 aromatic heterocycles. The second kappa shape index (κ2) is 6.61. The number of benzene rings is 1. The number of carbonyl (C=O) groups is 1. The maximum Gasteiger partial charge on any atom is 0.372 e. The van der Waals surface area contributed by atoms with E-state index in [1.165, 1.54) is 6.26 Å². The van der Waals surface area contributed by atoms with E-state index in [9.17, 15) is 4.79 Å². The minimum atomic E-state index is -1.09. The van der Waals surface area contributed by atoms with Crippen LogP contribution in [0.25, 0.3) is 0 Å². The highest BCUT2D eigenvalue weighted by molar-refractivity contribution is 5.85. The zero-order valence-electron chi connectivity index (χ0n) is 10.2. The summed E-state index contributed by atoms with van der Waals surface area (Å²) in [6, 6.07) is 11.0. The van der Waals surface area contributed by atoms with Crippen LogP contribution < -0.4 is 4.74 Å². The Bertz CT molecular complexity index is 518. The Morgan fingerprint density at radius 3 is 2.68 bits per heavy atom. The molecule has 0 radical (unpaired) electrons. The van der Waals surface area contributed by atoms with Crippen LogP contribution in [0.3, 0.4) is 0 Å². The highest BCUT2D eigenvalue weighted by Crippen LogP contribution is 2.12. The molecule has 0 unspecified atom stereocenters. The molecule has 0 bridgehead atoms. The number of furan rings is 1. The third-order valence-electron chi connectivity index (χ3n) is 2.44. The fourth-order valence-corrected chi connectivity index (χ4v) is 1.55. The zero-order valence-corrected chi connectivity index (χ0v) is 10.2. The van der Waals surface area contributed by atoms with E-state index in [0.29, 0.717) is 18.8 Å². The number of aromatic carboxylic acids is 1. The lowest BCUT2D eigenvalue weighted by molar-refractivity contribution is 0.0641. The summed E-state index contributed by atoms with van der Waals surface area (Å²) in [5.74, 6) is -0.395. The molecule has 0 saturated carbocycles. The van der Waals surface area contributed by atoms with Gasteiger partial charge in [-0.05, 0) is 18.2 Å². The number of para-hydroxylation sites is 1. The maximum atomic E-state index is 10.8. The minimum Gasteiger partial charge on any atom is -0.491 e. The van der Waals surface area contributed by atoms with Crippen molar-refractivity contribution in [1.29, 1.82) is 0 Å². The molecule has 0 saturated heterocycles. The molecule has 1 N–H and O–H groups in total. The van der Waals surface area contributed by atoms with Gasteiger partial charge in [-0.1, -0.05) is 18.2 Å². The van der Waals surface area contributed by atoms with E-state index in [1.54, 1.807) is 6.07 Å². The van der Waals surface area contributed by atoms with Crippen molar-refractivity contribution < 1.29 is 23.8 Å². The van der Waals surface area contributed by atoms with Crippen molar-refractivity contribution >= 4 is 5.97 Å². The molecule has 0 atom stereocenters. The number of hydrogen-bond acceptors (Lipinski definition) is 4. The molecule has 0 fully saturated rings. The second-order valence-corrected chi connectivity index (χ2v) is 3.79. The molecule has 0 aliphatic carbocycles. The Balaban J connectivity index is 1.70. The first-order valence-corrected chi connectivity index (χ1v) is 5.82. The average Bonchev–Trinajstić information content (AvgIpc) is 2.88. The number of rotatable bonds is 7. The molecule has 2 rings (SSSR count). The van der Waals surface area contributed by atoms with Crippen LogP contribution >= 0.6 is 0 Å². The Morgan fingerprint density at radius 1 is 1.16 bits per heavy atom.